The van der Waals surface area contributed by atoms with Gasteiger partial charge in [0.1, 0.15) is 0 Å². The second-order valence-corrected chi connectivity index (χ2v) is 4.94. The van der Waals surface area contributed by atoms with Gasteiger partial charge in [0, 0.05) is 4.90 Å². The number of aryl methyl sites for hydroxylation is 2. The van der Waals surface area contributed by atoms with E-state index >= 15 is 0 Å². The molecule has 0 fully saturated rings. The van der Waals surface area contributed by atoms with Crippen LogP contribution in [0.4, 0.5) is 0 Å². The average Bonchev–Trinajstić information content (AvgIpc) is 2.22. The molecule has 0 heterocycles. The third-order valence-corrected chi connectivity index (χ3v) is 3.47. The lowest BCUT2D eigenvalue weighted by Crippen LogP contribution is -2.23. The first-order chi connectivity index (χ1) is 7.04. The molecular formula is C11H16N2OS. The van der Waals surface area contributed by atoms with Gasteiger partial charge in [0.15, 0.2) is 5.84 Å². The largest absolute Gasteiger partial charge is 0.409 e. The van der Waals surface area contributed by atoms with Gasteiger partial charge in [-0.05, 0) is 32.4 Å². The van der Waals surface area contributed by atoms with E-state index in [-0.39, 0.29) is 11.1 Å². The van der Waals surface area contributed by atoms with E-state index < -0.39 is 0 Å². The highest BCUT2D eigenvalue weighted by Crippen LogP contribution is 2.27. The molecule has 0 radical (unpaired) electrons. The topological polar surface area (TPSA) is 58.6 Å². The van der Waals surface area contributed by atoms with Crippen LogP contribution in [0, 0.1) is 13.8 Å². The summed E-state index contributed by atoms with van der Waals surface area (Å²) < 4.78 is 0. The Bertz CT molecular complexity index is 377. The predicted molar refractivity (Wildman–Crippen MR) is 64.6 cm³/mol. The third-order valence-electron chi connectivity index (χ3n) is 2.18. The maximum absolute atomic E-state index is 8.56. The van der Waals surface area contributed by atoms with Crippen LogP contribution < -0.4 is 5.73 Å². The predicted octanol–water partition coefficient (Wildman–Crippen LogP) is 2.53. The highest BCUT2D eigenvalue weighted by atomic mass is 32.2. The van der Waals surface area contributed by atoms with Gasteiger partial charge < -0.3 is 10.9 Å². The minimum Gasteiger partial charge on any atom is -0.409 e. The van der Waals surface area contributed by atoms with Gasteiger partial charge in [0.25, 0.3) is 0 Å². The number of oxime groups is 1. The maximum atomic E-state index is 8.56. The lowest BCUT2D eigenvalue weighted by molar-refractivity contribution is 0.317. The van der Waals surface area contributed by atoms with E-state index in [2.05, 4.69) is 37.2 Å². The minimum absolute atomic E-state index is 0.0181. The Kier molecular flexibility index (Phi) is 4.03. The monoisotopic (exact) mass is 224 g/mol. The van der Waals surface area contributed by atoms with Crippen LogP contribution in [0.1, 0.15) is 18.1 Å². The van der Waals surface area contributed by atoms with Crippen LogP contribution in [-0.2, 0) is 0 Å². The molecule has 0 aliphatic rings. The lowest BCUT2D eigenvalue weighted by atomic mass is 10.2. The summed E-state index contributed by atoms with van der Waals surface area (Å²) in [5, 5.41) is 11.5. The molecule has 3 nitrogen and oxygen atoms in total. The summed E-state index contributed by atoms with van der Waals surface area (Å²) in [5.74, 6) is 0.251. The molecule has 0 spiro atoms. The van der Waals surface area contributed by atoms with Crippen molar-refractivity contribution in [3.8, 4) is 0 Å². The fourth-order valence-corrected chi connectivity index (χ4v) is 2.22. The van der Waals surface area contributed by atoms with Crippen LogP contribution in [-0.4, -0.2) is 16.3 Å². The quantitative estimate of drug-likeness (QED) is 0.273. The summed E-state index contributed by atoms with van der Waals surface area (Å²) in [4.78, 5) is 1.18. The number of benzene rings is 1. The Morgan fingerprint density at radius 2 is 2.13 bits per heavy atom. The smallest absolute Gasteiger partial charge is 0.152 e. The van der Waals surface area contributed by atoms with Crippen LogP contribution in [0.15, 0.2) is 28.3 Å². The second-order valence-electron chi connectivity index (χ2n) is 3.55. The Morgan fingerprint density at radius 3 is 2.73 bits per heavy atom. The fourth-order valence-electron chi connectivity index (χ4n) is 1.17. The van der Waals surface area contributed by atoms with Crippen molar-refractivity contribution < 1.29 is 5.21 Å². The summed E-state index contributed by atoms with van der Waals surface area (Å²) in [6, 6.07) is 6.27. The molecule has 3 N–H and O–H groups in total. The Hall–Kier alpha value is -1.16. The van der Waals surface area contributed by atoms with E-state index in [1.165, 1.54) is 16.0 Å². The molecule has 1 unspecified atom stereocenters. The van der Waals surface area contributed by atoms with Crippen LogP contribution in [0.2, 0.25) is 0 Å². The van der Waals surface area contributed by atoms with Crippen molar-refractivity contribution in [3.05, 3.63) is 29.3 Å². The van der Waals surface area contributed by atoms with E-state index in [1.807, 2.05) is 6.92 Å². The molecule has 0 aliphatic heterocycles. The van der Waals surface area contributed by atoms with Gasteiger partial charge in [-0.15, -0.1) is 11.8 Å². The summed E-state index contributed by atoms with van der Waals surface area (Å²) in [5.41, 5.74) is 7.96. The molecule has 1 atom stereocenters. The Balaban J connectivity index is 2.85. The number of hydrogen-bond acceptors (Lipinski definition) is 3. The van der Waals surface area contributed by atoms with Crippen molar-refractivity contribution in [2.45, 2.75) is 30.9 Å². The number of rotatable bonds is 3. The summed E-state index contributed by atoms with van der Waals surface area (Å²) in [7, 11) is 0. The molecule has 0 saturated carbocycles. The first-order valence-corrected chi connectivity index (χ1v) is 5.64. The average molecular weight is 224 g/mol. The number of hydrogen-bond donors (Lipinski definition) is 2. The Morgan fingerprint density at radius 1 is 1.47 bits per heavy atom. The van der Waals surface area contributed by atoms with Crippen molar-refractivity contribution in [3.63, 3.8) is 0 Å². The van der Waals surface area contributed by atoms with Crippen molar-refractivity contribution in [2.24, 2.45) is 10.9 Å². The molecule has 4 heteroatoms. The lowest BCUT2D eigenvalue weighted by Gasteiger charge is -2.11. The van der Waals surface area contributed by atoms with Crippen molar-refractivity contribution in [1.29, 1.82) is 0 Å². The van der Waals surface area contributed by atoms with Gasteiger partial charge in [-0.2, -0.15) is 0 Å². The molecule has 0 amide bonds. The van der Waals surface area contributed by atoms with Crippen molar-refractivity contribution >= 4 is 17.6 Å². The molecule has 1 aromatic rings. The highest BCUT2D eigenvalue weighted by Gasteiger charge is 2.10. The zero-order valence-corrected chi connectivity index (χ0v) is 10.0. The SMILES string of the molecule is Cc1ccc(C)c(SC(C)C(N)=NO)c1. The number of thioether (sulfide) groups is 1. The normalized spacial score (nSPS) is 13.9. The van der Waals surface area contributed by atoms with Gasteiger partial charge in [-0.1, -0.05) is 22.9 Å². The number of nitrogens with two attached hydrogens (primary N) is 1. The van der Waals surface area contributed by atoms with Crippen LogP contribution >= 0.6 is 11.8 Å². The second kappa shape index (κ2) is 5.07. The van der Waals surface area contributed by atoms with Gasteiger partial charge in [-0.3, -0.25) is 0 Å². The van der Waals surface area contributed by atoms with E-state index in [0.717, 1.165) is 0 Å². The summed E-state index contributed by atoms with van der Waals surface area (Å²) in [6.07, 6.45) is 0. The molecule has 15 heavy (non-hydrogen) atoms. The molecule has 0 aromatic heterocycles. The third kappa shape index (κ3) is 3.16. The molecule has 1 rings (SSSR count). The fraction of sp³-hybridized carbons (Fsp3) is 0.364. The van der Waals surface area contributed by atoms with Gasteiger partial charge in [0.05, 0.1) is 5.25 Å². The molecule has 0 aliphatic carbocycles. The minimum atomic E-state index is -0.0181. The summed E-state index contributed by atoms with van der Waals surface area (Å²) in [6.45, 7) is 6.03. The standard InChI is InChI=1S/C11H16N2OS/c1-7-4-5-8(2)10(6-7)15-9(3)11(12)13-14/h4-6,9,14H,1-3H3,(H2,12,13). The van der Waals surface area contributed by atoms with Gasteiger partial charge in [-0.25, -0.2) is 0 Å². The first kappa shape index (κ1) is 11.9. The molecule has 1 aromatic carbocycles. The number of amidine groups is 1. The van der Waals surface area contributed by atoms with E-state index in [0.29, 0.717) is 0 Å². The Labute approximate surface area is 94.4 Å². The van der Waals surface area contributed by atoms with Crippen LogP contribution in [0.5, 0.6) is 0 Å². The van der Waals surface area contributed by atoms with Gasteiger partial charge >= 0.3 is 0 Å². The highest BCUT2D eigenvalue weighted by molar-refractivity contribution is 8.00. The van der Waals surface area contributed by atoms with Crippen LogP contribution in [0.3, 0.4) is 0 Å². The van der Waals surface area contributed by atoms with Crippen LogP contribution in [0.25, 0.3) is 0 Å². The van der Waals surface area contributed by atoms with Gasteiger partial charge in [0.2, 0.25) is 0 Å². The first-order valence-electron chi connectivity index (χ1n) is 4.76. The number of nitrogens with zero attached hydrogens (tertiary/aromatic N) is 1. The molecule has 0 bridgehead atoms. The zero-order chi connectivity index (χ0) is 11.4. The van der Waals surface area contributed by atoms with Crippen molar-refractivity contribution in [2.75, 3.05) is 0 Å². The molecule has 0 saturated heterocycles. The summed E-state index contributed by atoms with van der Waals surface area (Å²) >= 11 is 1.60. The molecule has 82 valence electrons. The van der Waals surface area contributed by atoms with Crippen molar-refractivity contribution in [1.82, 2.24) is 0 Å². The van der Waals surface area contributed by atoms with E-state index in [1.54, 1.807) is 11.8 Å². The molecular weight excluding hydrogens is 208 g/mol. The van der Waals surface area contributed by atoms with E-state index in [4.69, 9.17) is 10.9 Å². The maximum Gasteiger partial charge on any atom is 0.152 e. The zero-order valence-electron chi connectivity index (χ0n) is 9.19. The van der Waals surface area contributed by atoms with E-state index in [9.17, 15) is 0 Å².